The van der Waals surface area contributed by atoms with Crippen molar-refractivity contribution < 1.29 is 9.84 Å². The summed E-state index contributed by atoms with van der Waals surface area (Å²) >= 11 is 1.71. The zero-order chi connectivity index (χ0) is 13.3. The Balaban J connectivity index is 1.56. The number of thiophene rings is 1. The minimum atomic E-state index is -0.469. The van der Waals surface area contributed by atoms with Crippen LogP contribution in [0.3, 0.4) is 0 Å². The molecule has 102 valence electrons. The van der Waals surface area contributed by atoms with Crippen molar-refractivity contribution in [3.8, 4) is 0 Å². The molecule has 1 heterocycles. The Morgan fingerprint density at radius 1 is 1.16 bits per heavy atom. The van der Waals surface area contributed by atoms with Crippen LogP contribution in [-0.4, -0.2) is 24.4 Å². The second kappa shape index (κ2) is 8.07. The van der Waals surface area contributed by atoms with Crippen LogP contribution in [0.1, 0.15) is 10.4 Å². The third kappa shape index (κ3) is 5.53. The molecule has 2 rings (SSSR count). The van der Waals surface area contributed by atoms with Gasteiger partial charge in [-0.25, -0.2) is 0 Å². The quantitative estimate of drug-likeness (QED) is 0.778. The predicted octanol–water partition coefficient (Wildman–Crippen LogP) is 2.42. The molecule has 0 saturated carbocycles. The molecule has 2 aromatic rings. The van der Waals surface area contributed by atoms with E-state index in [4.69, 9.17) is 4.74 Å². The number of aliphatic hydroxyl groups excluding tert-OH is 1. The highest BCUT2D eigenvalue weighted by Crippen LogP contribution is 2.07. The van der Waals surface area contributed by atoms with Crippen LogP contribution in [-0.2, 0) is 17.9 Å². The van der Waals surface area contributed by atoms with E-state index in [-0.39, 0.29) is 0 Å². The number of aliphatic hydroxyl groups is 1. The van der Waals surface area contributed by atoms with Crippen molar-refractivity contribution in [3.63, 3.8) is 0 Å². The number of hydrogen-bond acceptors (Lipinski definition) is 4. The van der Waals surface area contributed by atoms with Crippen LogP contribution in [0, 0.1) is 0 Å². The third-order valence-electron chi connectivity index (χ3n) is 2.68. The van der Waals surface area contributed by atoms with Gasteiger partial charge in [0.1, 0.15) is 0 Å². The monoisotopic (exact) mass is 277 g/mol. The van der Waals surface area contributed by atoms with E-state index in [1.54, 1.807) is 11.3 Å². The number of ether oxygens (including phenoxy) is 1. The number of nitrogens with one attached hydrogen (secondary N) is 1. The number of hydrogen-bond donors (Lipinski definition) is 2. The Hall–Kier alpha value is -1.20. The summed E-state index contributed by atoms with van der Waals surface area (Å²) in [6, 6.07) is 14.1. The summed E-state index contributed by atoms with van der Waals surface area (Å²) in [5, 5.41) is 15.0. The van der Waals surface area contributed by atoms with Gasteiger partial charge in [-0.1, -0.05) is 36.4 Å². The summed E-state index contributed by atoms with van der Waals surface area (Å²) in [6.07, 6.45) is -0.469. The smallest absolute Gasteiger partial charge is 0.0897 e. The molecular formula is C15H19NO2S. The molecule has 0 fully saturated rings. The van der Waals surface area contributed by atoms with Gasteiger partial charge in [0.2, 0.25) is 0 Å². The minimum Gasteiger partial charge on any atom is -0.389 e. The molecular weight excluding hydrogens is 258 g/mol. The molecule has 1 atom stereocenters. The second-order valence-electron chi connectivity index (χ2n) is 4.36. The van der Waals surface area contributed by atoms with E-state index in [9.17, 15) is 5.11 Å². The van der Waals surface area contributed by atoms with Gasteiger partial charge >= 0.3 is 0 Å². The lowest BCUT2D eigenvalue weighted by atomic mass is 10.2. The van der Waals surface area contributed by atoms with Crippen LogP contribution in [0.5, 0.6) is 0 Å². The third-order valence-corrected chi connectivity index (χ3v) is 3.56. The van der Waals surface area contributed by atoms with Crippen LogP contribution in [0.4, 0.5) is 0 Å². The Bertz CT molecular complexity index is 444. The molecule has 0 unspecified atom stereocenters. The average Bonchev–Trinajstić information content (AvgIpc) is 2.93. The molecule has 0 amide bonds. The van der Waals surface area contributed by atoms with Crippen molar-refractivity contribution in [2.45, 2.75) is 19.3 Å². The molecule has 0 aliphatic rings. The largest absolute Gasteiger partial charge is 0.389 e. The second-order valence-corrected chi connectivity index (χ2v) is 5.40. The van der Waals surface area contributed by atoms with Crippen molar-refractivity contribution in [3.05, 3.63) is 58.3 Å². The van der Waals surface area contributed by atoms with Crippen LogP contribution in [0.2, 0.25) is 0 Å². The van der Waals surface area contributed by atoms with Crippen molar-refractivity contribution in [1.82, 2.24) is 5.32 Å². The summed E-state index contributed by atoms with van der Waals surface area (Å²) in [5.74, 6) is 0. The summed E-state index contributed by atoms with van der Waals surface area (Å²) in [4.78, 5) is 1.28. The first-order chi connectivity index (χ1) is 9.34. The lowest BCUT2D eigenvalue weighted by Gasteiger charge is -2.12. The maximum absolute atomic E-state index is 9.77. The summed E-state index contributed by atoms with van der Waals surface area (Å²) < 4.78 is 5.48. The molecule has 0 bridgehead atoms. The van der Waals surface area contributed by atoms with Gasteiger partial charge in [-0.3, -0.25) is 0 Å². The summed E-state index contributed by atoms with van der Waals surface area (Å²) in [5.41, 5.74) is 1.13. The zero-order valence-electron chi connectivity index (χ0n) is 10.8. The fraction of sp³-hybridized carbons (Fsp3) is 0.333. The maximum atomic E-state index is 9.77. The van der Waals surface area contributed by atoms with Crippen molar-refractivity contribution in [1.29, 1.82) is 0 Å². The van der Waals surface area contributed by atoms with Crippen LogP contribution in [0.25, 0.3) is 0 Å². The van der Waals surface area contributed by atoms with Gasteiger partial charge in [-0.05, 0) is 17.0 Å². The molecule has 0 aliphatic carbocycles. The van der Waals surface area contributed by atoms with Crippen molar-refractivity contribution in [2.75, 3.05) is 13.2 Å². The van der Waals surface area contributed by atoms with Gasteiger partial charge < -0.3 is 15.2 Å². The first kappa shape index (κ1) is 14.2. The highest BCUT2D eigenvalue weighted by atomic mass is 32.1. The van der Waals surface area contributed by atoms with Crippen molar-refractivity contribution in [2.24, 2.45) is 0 Å². The summed E-state index contributed by atoms with van der Waals surface area (Å²) in [6.45, 7) is 2.25. The summed E-state index contributed by atoms with van der Waals surface area (Å²) in [7, 11) is 0. The molecule has 0 saturated heterocycles. The zero-order valence-corrected chi connectivity index (χ0v) is 11.6. The molecule has 0 spiro atoms. The molecule has 1 aromatic carbocycles. The van der Waals surface area contributed by atoms with E-state index in [1.165, 1.54) is 4.88 Å². The van der Waals surface area contributed by atoms with Gasteiger partial charge in [-0.15, -0.1) is 11.3 Å². The highest BCUT2D eigenvalue weighted by molar-refractivity contribution is 7.09. The molecule has 19 heavy (non-hydrogen) atoms. The predicted molar refractivity (Wildman–Crippen MR) is 78.1 cm³/mol. The SMILES string of the molecule is O[C@H](CNCc1cccs1)COCc1ccccc1. The van der Waals surface area contributed by atoms with Crippen LogP contribution in [0.15, 0.2) is 47.8 Å². The van der Waals surface area contributed by atoms with E-state index in [2.05, 4.69) is 16.8 Å². The topological polar surface area (TPSA) is 41.5 Å². The van der Waals surface area contributed by atoms with Crippen LogP contribution >= 0.6 is 11.3 Å². The van der Waals surface area contributed by atoms with Gasteiger partial charge in [0.15, 0.2) is 0 Å². The van der Waals surface area contributed by atoms with E-state index in [0.717, 1.165) is 12.1 Å². The number of benzene rings is 1. The average molecular weight is 277 g/mol. The van der Waals surface area contributed by atoms with E-state index in [1.807, 2.05) is 36.4 Å². The fourth-order valence-electron chi connectivity index (χ4n) is 1.72. The van der Waals surface area contributed by atoms with Gasteiger partial charge in [-0.2, -0.15) is 0 Å². The lowest BCUT2D eigenvalue weighted by Crippen LogP contribution is -2.29. The molecule has 1 aromatic heterocycles. The molecule has 0 radical (unpaired) electrons. The Kier molecular flexibility index (Phi) is 6.04. The van der Waals surface area contributed by atoms with E-state index < -0.39 is 6.10 Å². The Morgan fingerprint density at radius 3 is 2.74 bits per heavy atom. The number of rotatable bonds is 8. The minimum absolute atomic E-state index is 0.354. The van der Waals surface area contributed by atoms with Gasteiger partial charge in [0.25, 0.3) is 0 Å². The van der Waals surface area contributed by atoms with E-state index in [0.29, 0.717) is 19.8 Å². The molecule has 0 aliphatic heterocycles. The molecule has 3 nitrogen and oxygen atoms in total. The standard InChI is InChI=1S/C15H19NO2S/c17-14(9-16-10-15-7-4-8-19-15)12-18-11-13-5-2-1-3-6-13/h1-8,14,16-17H,9-12H2/t14-/m1/s1. The first-order valence-corrected chi connectivity index (χ1v) is 7.25. The van der Waals surface area contributed by atoms with Crippen molar-refractivity contribution >= 4 is 11.3 Å². The molecule has 2 N–H and O–H groups in total. The highest BCUT2D eigenvalue weighted by Gasteiger charge is 2.04. The normalized spacial score (nSPS) is 12.5. The van der Waals surface area contributed by atoms with E-state index >= 15 is 0 Å². The Labute approximate surface area is 117 Å². The molecule has 4 heteroatoms. The van der Waals surface area contributed by atoms with Crippen LogP contribution < -0.4 is 5.32 Å². The lowest BCUT2D eigenvalue weighted by molar-refractivity contribution is 0.0288. The first-order valence-electron chi connectivity index (χ1n) is 6.37. The fourth-order valence-corrected chi connectivity index (χ4v) is 2.40. The maximum Gasteiger partial charge on any atom is 0.0897 e. The van der Waals surface area contributed by atoms with Gasteiger partial charge in [0.05, 0.1) is 19.3 Å². The Morgan fingerprint density at radius 2 is 2.00 bits per heavy atom. The van der Waals surface area contributed by atoms with Gasteiger partial charge in [0, 0.05) is 18.0 Å².